The van der Waals surface area contributed by atoms with Gasteiger partial charge in [0.2, 0.25) is 0 Å². The minimum Gasteiger partial charge on any atom is -0.304 e. The SMILES string of the molecule is C#CCn1c(=NC(=O)c2cccc(C(F)(F)F)c2)sc2cccc(C)c21. The molecule has 0 radical (unpaired) electrons. The van der Waals surface area contributed by atoms with E-state index in [0.29, 0.717) is 4.80 Å². The summed E-state index contributed by atoms with van der Waals surface area (Å²) in [6.45, 7) is 2.13. The van der Waals surface area contributed by atoms with Crippen molar-refractivity contribution in [3.8, 4) is 12.3 Å². The van der Waals surface area contributed by atoms with Crippen LogP contribution < -0.4 is 4.80 Å². The Morgan fingerprint density at radius 1 is 1.27 bits per heavy atom. The summed E-state index contributed by atoms with van der Waals surface area (Å²) in [5.41, 5.74) is 0.830. The summed E-state index contributed by atoms with van der Waals surface area (Å²) in [5.74, 6) is 1.78. The summed E-state index contributed by atoms with van der Waals surface area (Å²) in [6, 6.07) is 9.90. The number of aryl methyl sites for hydroxylation is 1. The number of carbonyl (C=O) groups excluding carboxylic acids is 1. The monoisotopic (exact) mass is 374 g/mol. The number of thiazole rings is 1. The Morgan fingerprint density at radius 3 is 2.69 bits per heavy atom. The normalized spacial score (nSPS) is 12.3. The zero-order chi connectivity index (χ0) is 18.9. The molecule has 2 aromatic carbocycles. The average Bonchev–Trinajstić information content (AvgIpc) is 2.93. The molecule has 1 heterocycles. The van der Waals surface area contributed by atoms with E-state index in [1.165, 1.54) is 23.5 Å². The highest BCUT2D eigenvalue weighted by atomic mass is 32.1. The van der Waals surface area contributed by atoms with E-state index in [2.05, 4.69) is 10.9 Å². The fourth-order valence-electron chi connectivity index (χ4n) is 2.61. The molecule has 0 fully saturated rings. The van der Waals surface area contributed by atoms with E-state index in [9.17, 15) is 18.0 Å². The van der Waals surface area contributed by atoms with E-state index in [0.717, 1.165) is 27.9 Å². The molecule has 7 heteroatoms. The van der Waals surface area contributed by atoms with E-state index in [4.69, 9.17) is 6.42 Å². The Hall–Kier alpha value is -2.85. The molecule has 0 aliphatic carbocycles. The molecule has 26 heavy (non-hydrogen) atoms. The number of aromatic nitrogens is 1. The summed E-state index contributed by atoms with van der Waals surface area (Å²) in [4.78, 5) is 16.8. The van der Waals surface area contributed by atoms with Crippen LogP contribution in [0.3, 0.4) is 0 Å². The molecular weight excluding hydrogens is 361 g/mol. The summed E-state index contributed by atoms with van der Waals surface area (Å²) in [7, 11) is 0. The number of rotatable bonds is 2. The second-order valence-electron chi connectivity index (χ2n) is 5.59. The molecular formula is C19H13F3N2OS. The van der Waals surface area contributed by atoms with Crippen LogP contribution in [0.1, 0.15) is 21.5 Å². The molecule has 3 nitrogen and oxygen atoms in total. The molecule has 3 rings (SSSR count). The first kappa shape index (κ1) is 18.0. The van der Waals surface area contributed by atoms with Crippen LogP contribution in [0.2, 0.25) is 0 Å². The highest BCUT2D eigenvalue weighted by Crippen LogP contribution is 2.29. The van der Waals surface area contributed by atoms with Crippen LogP contribution in [-0.4, -0.2) is 10.5 Å². The number of nitrogens with zero attached hydrogens (tertiary/aromatic N) is 2. The minimum atomic E-state index is -4.52. The quantitative estimate of drug-likeness (QED) is 0.612. The molecule has 0 aliphatic heterocycles. The van der Waals surface area contributed by atoms with Crippen molar-refractivity contribution in [1.82, 2.24) is 4.57 Å². The van der Waals surface area contributed by atoms with Crippen molar-refractivity contribution in [3.63, 3.8) is 0 Å². The first-order valence-electron chi connectivity index (χ1n) is 7.60. The lowest BCUT2D eigenvalue weighted by molar-refractivity contribution is -0.137. The smallest absolute Gasteiger partial charge is 0.304 e. The van der Waals surface area contributed by atoms with Gasteiger partial charge >= 0.3 is 6.18 Å². The largest absolute Gasteiger partial charge is 0.416 e. The van der Waals surface area contributed by atoms with Crippen LogP contribution in [0.15, 0.2) is 47.5 Å². The highest BCUT2D eigenvalue weighted by molar-refractivity contribution is 7.16. The predicted octanol–water partition coefficient (Wildman–Crippen LogP) is 4.40. The maximum Gasteiger partial charge on any atom is 0.416 e. The van der Waals surface area contributed by atoms with Gasteiger partial charge in [-0.2, -0.15) is 18.2 Å². The number of hydrogen-bond acceptors (Lipinski definition) is 2. The summed E-state index contributed by atoms with van der Waals surface area (Å²) >= 11 is 1.27. The average molecular weight is 374 g/mol. The standard InChI is InChI=1S/C19H13F3N2OS/c1-3-10-24-16-12(2)6-4-9-15(16)26-18(24)23-17(25)13-7-5-8-14(11-13)19(20,21)22/h1,4-9,11H,10H2,2H3. The van der Waals surface area contributed by atoms with Crippen LogP contribution in [-0.2, 0) is 12.7 Å². The van der Waals surface area contributed by atoms with Crippen molar-refractivity contribution in [2.75, 3.05) is 0 Å². The fraction of sp³-hybridized carbons (Fsp3) is 0.158. The first-order valence-corrected chi connectivity index (χ1v) is 8.41. The number of carbonyl (C=O) groups is 1. The van der Waals surface area contributed by atoms with Crippen LogP contribution >= 0.6 is 11.3 Å². The van der Waals surface area contributed by atoms with Crippen molar-refractivity contribution in [1.29, 1.82) is 0 Å². The molecule has 0 spiro atoms. The molecule has 0 aliphatic rings. The Labute approximate surface area is 151 Å². The van der Waals surface area contributed by atoms with E-state index >= 15 is 0 Å². The number of halogens is 3. The molecule has 0 saturated heterocycles. The molecule has 0 N–H and O–H groups in total. The lowest BCUT2D eigenvalue weighted by atomic mass is 10.1. The van der Waals surface area contributed by atoms with E-state index < -0.39 is 17.6 Å². The van der Waals surface area contributed by atoms with Gasteiger partial charge in [-0.05, 0) is 36.8 Å². The maximum absolute atomic E-state index is 12.8. The van der Waals surface area contributed by atoms with Crippen molar-refractivity contribution in [2.24, 2.45) is 4.99 Å². The zero-order valence-corrected chi connectivity index (χ0v) is 14.5. The summed E-state index contributed by atoms with van der Waals surface area (Å²) in [6.07, 6.45) is 0.902. The molecule has 0 saturated carbocycles. The Bertz CT molecular complexity index is 1100. The molecule has 1 amide bonds. The van der Waals surface area contributed by atoms with Gasteiger partial charge in [-0.1, -0.05) is 35.5 Å². The van der Waals surface area contributed by atoms with Gasteiger partial charge < -0.3 is 4.57 Å². The van der Waals surface area contributed by atoms with Gasteiger partial charge in [0.25, 0.3) is 5.91 Å². The first-order chi connectivity index (χ1) is 12.3. The van der Waals surface area contributed by atoms with Crippen molar-refractivity contribution >= 4 is 27.5 Å². The second-order valence-corrected chi connectivity index (χ2v) is 6.60. The molecule has 0 atom stereocenters. The minimum absolute atomic E-state index is 0.124. The lowest BCUT2D eigenvalue weighted by Crippen LogP contribution is -2.17. The van der Waals surface area contributed by atoms with Gasteiger partial charge in [0, 0.05) is 5.56 Å². The number of benzene rings is 2. The Balaban J connectivity index is 2.14. The molecule has 1 aromatic heterocycles. The molecule has 0 unspecified atom stereocenters. The fourth-order valence-corrected chi connectivity index (χ4v) is 3.72. The molecule has 0 bridgehead atoms. The van der Waals surface area contributed by atoms with Crippen LogP contribution in [0, 0.1) is 19.3 Å². The number of hydrogen-bond donors (Lipinski definition) is 0. The van der Waals surface area contributed by atoms with Gasteiger partial charge in [-0.15, -0.1) is 6.42 Å². The van der Waals surface area contributed by atoms with Gasteiger partial charge in [0.1, 0.15) is 0 Å². The van der Waals surface area contributed by atoms with Crippen molar-refractivity contribution in [2.45, 2.75) is 19.6 Å². The topological polar surface area (TPSA) is 34.4 Å². The van der Waals surface area contributed by atoms with E-state index in [1.807, 2.05) is 25.1 Å². The zero-order valence-electron chi connectivity index (χ0n) is 13.7. The van der Waals surface area contributed by atoms with E-state index in [-0.39, 0.29) is 12.1 Å². The maximum atomic E-state index is 12.8. The highest BCUT2D eigenvalue weighted by Gasteiger charge is 2.30. The van der Waals surface area contributed by atoms with Gasteiger partial charge in [0.15, 0.2) is 4.80 Å². The number of fused-ring (bicyclic) bond motifs is 1. The van der Waals surface area contributed by atoms with Gasteiger partial charge in [0.05, 0.1) is 22.3 Å². The van der Waals surface area contributed by atoms with Crippen LogP contribution in [0.5, 0.6) is 0 Å². The number of alkyl halides is 3. The number of terminal acetylenes is 1. The summed E-state index contributed by atoms with van der Waals surface area (Å²) in [5, 5.41) is 0. The van der Waals surface area contributed by atoms with E-state index in [1.54, 1.807) is 4.57 Å². The van der Waals surface area contributed by atoms with Gasteiger partial charge in [-0.25, -0.2) is 0 Å². The molecule has 3 aromatic rings. The summed E-state index contributed by atoms with van der Waals surface area (Å²) < 4.78 is 41.1. The van der Waals surface area contributed by atoms with Crippen LogP contribution in [0.4, 0.5) is 13.2 Å². The second kappa shape index (κ2) is 6.81. The lowest BCUT2D eigenvalue weighted by Gasteiger charge is -2.06. The Kier molecular flexibility index (Phi) is 4.70. The molecule has 132 valence electrons. The third-order valence-electron chi connectivity index (χ3n) is 3.79. The third kappa shape index (κ3) is 3.41. The third-order valence-corrected chi connectivity index (χ3v) is 4.83. The van der Waals surface area contributed by atoms with Crippen molar-refractivity contribution in [3.05, 3.63) is 64.0 Å². The predicted molar refractivity (Wildman–Crippen MR) is 94.7 cm³/mol. The number of amides is 1. The van der Waals surface area contributed by atoms with Crippen molar-refractivity contribution < 1.29 is 18.0 Å². The Morgan fingerprint density at radius 2 is 2.00 bits per heavy atom. The number of para-hydroxylation sites is 1. The van der Waals surface area contributed by atoms with Gasteiger partial charge in [-0.3, -0.25) is 4.79 Å². The van der Waals surface area contributed by atoms with Crippen LogP contribution in [0.25, 0.3) is 10.2 Å².